The highest BCUT2D eigenvalue weighted by Crippen LogP contribution is 2.24. The topological polar surface area (TPSA) is 69.6 Å². The summed E-state index contributed by atoms with van der Waals surface area (Å²) in [4.78, 5) is 32.2. The number of aromatic nitrogens is 2. The minimum atomic E-state index is -0.00134. The molecule has 4 aromatic rings. The van der Waals surface area contributed by atoms with Crippen molar-refractivity contribution in [3.05, 3.63) is 103 Å². The summed E-state index contributed by atoms with van der Waals surface area (Å²) >= 11 is 0. The van der Waals surface area contributed by atoms with Gasteiger partial charge in [0.1, 0.15) is 0 Å². The Kier molecular flexibility index (Phi) is 9.59. The lowest BCUT2D eigenvalue weighted by Gasteiger charge is -2.36. The largest absolute Gasteiger partial charge is 0.352 e. The molecule has 42 heavy (non-hydrogen) atoms. The first-order valence-corrected chi connectivity index (χ1v) is 14.8. The van der Waals surface area contributed by atoms with Crippen molar-refractivity contribution < 1.29 is 9.59 Å². The molecule has 3 aromatic carbocycles. The third-order valence-corrected chi connectivity index (χ3v) is 8.00. The van der Waals surface area contributed by atoms with Gasteiger partial charge in [-0.1, -0.05) is 105 Å². The molecule has 2 amide bonds. The number of anilines is 1. The molecule has 0 aliphatic carbocycles. The molecule has 5 rings (SSSR count). The Morgan fingerprint density at radius 3 is 2.00 bits per heavy atom. The number of piperazine rings is 1. The highest BCUT2D eigenvalue weighted by atomic mass is 16.2. The highest BCUT2D eigenvalue weighted by molar-refractivity contribution is 5.86. The number of hydrogen-bond acceptors (Lipinski definition) is 5. The maximum absolute atomic E-state index is 13.3. The molecule has 1 aromatic heterocycles. The Hall–Kier alpha value is -4.52. The Balaban J connectivity index is 1.15. The molecule has 1 atom stereocenters. The summed E-state index contributed by atoms with van der Waals surface area (Å²) in [5.74, 6) is 1.14. The van der Waals surface area contributed by atoms with Gasteiger partial charge >= 0.3 is 0 Å². The lowest BCUT2D eigenvalue weighted by molar-refractivity contribution is -0.140. The van der Waals surface area contributed by atoms with Crippen LogP contribution in [0.3, 0.4) is 0 Å². The van der Waals surface area contributed by atoms with Crippen LogP contribution < -0.4 is 4.90 Å². The van der Waals surface area contributed by atoms with Gasteiger partial charge in [0.2, 0.25) is 11.8 Å². The molecule has 0 bridgehead atoms. The van der Waals surface area contributed by atoms with E-state index < -0.39 is 0 Å². The summed E-state index contributed by atoms with van der Waals surface area (Å²) in [7, 11) is 0. The van der Waals surface area contributed by atoms with Gasteiger partial charge in [0.05, 0.1) is 18.7 Å². The first-order chi connectivity index (χ1) is 20.5. The molecular weight excluding hydrogens is 522 g/mol. The van der Waals surface area contributed by atoms with Crippen molar-refractivity contribution >= 4 is 17.6 Å². The molecule has 1 fully saturated rings. The maximum Gasteiger partial charge on any atom is 0.242 e. The van der Waals surface area contributed by atoms with Gasteiger partial charge in [0, 0.05) is 38.3 Å². The molecule has 2 heterocycles. The number of hydrogen-bond donors (Lipinski definition) is 0. The fourth-order valence-electron chi connectivity index (χ4n) is 5.20. The molecule has 1 aliphatic heterocycles. The number of benzene rings is 3. The molecule has 216 valence electrons. The molecular formula is C35H39N5O2. The lowest BCUT2D eigenvalue weighted by atomic mass is 10.0. The van der Waals surface area contributed by atoms with Crippen LogP contribution in [0.15, 0.2) is 97.1 Å². The highest BCUT2D eigenvalue weighted by Gasteiger charge is 2.26. The van der Waals surface area contributed by atoms with Crippen molar-refractivity contribution in [2.75, 3.05) is 44.2 Å². The van der Waals surface area contributed by atoms with E-state index in [-0.39, 0.29) is 18.4 Å². The third kappa shape index (κ3) is 7.40. The Morgan fingerprint density at radius 1 is 0.762 bits per heavy atom. The monoisotopic (exact) mass is 561 g/mol. The molecule has 7 nitrogen and oxygen atoms in total. The van der Waals surface area contributed by atoms with Gasteiger partial charge in [-0.2, -0.15) is 0 Å². The summed E-state index contributed by atoms with van der Waals surface area (Å²) in [6, 6.07) is 32.4. The SMILES string of the molecule is CC[C@H](C)CN(CC(=O)N1CCN(c2ccc(-c3ccc(-c4ccccc4)cc3)nn2)CC1)C(=O)Cc1ccccc1. The van der Waals surface area contributed by atoms with E-state index in [1.807, 2.05) is 65.6 Å². The van der Waals surface area contributed by atoms with Crippen molar-refractivity contribution in [2.24, 2.45) is 5.92 Å². The van der Waals surface area contributed by atoms with Crippen molar-refractivity contribution in [2.45, 2.75) is 26.7 Å². The first kappa shape index (κ1) is 29.0. The van der Waals surface area contributed by atoms with E-state index in [0.717, 1.165) is 29.1 Å². The normalized spacial score (nSPS) is 14.0. The fraction of sp³-hybridized carbons (Fsp3) is 0.314. The van der Waals surface area contributed by atoms with Gasteiger partial charge in [-0.15, -0.1) is 10.2 Å². The van der Waals surface area contributed by atoms with E-state index in [1.165, 1.54) is 11.1 Å². The number of nitrogens with zero attached hydrogens (tertiary/aromatic N) is 5. The molecule has 0 saturated carbocycles. The molecule has 1 aliphatic rings. The Labute approximate surface area is 248 Å². The summed E-state index contributed by atoms with van der Waals surface area (Å²) in [6.45, 7) is 7.48. The quantitative estimate of drug-likeness (QED) is 0.253. The lowest BCUT2D eigenvalue weighted by Crippen LogP contribution is -2.52. The minimum Gasteiger partial charge on any atom is -0.352 e. The van der Waals surface area contributed by atoms with E-state index in [1.54, 1.807) is 4.90 Å². The summed E-state index contributed by atoms with van der Waals surface area (Å²) < 4.78 is 0. The number of amides is 2. The Morgan fingerprint density at radius 2 is 1.38 bits per heavy atom. The van der Waals surface area contributed by atoms with Crippen LogP contribution in [-0.4, -0.2) is 71.1 Å². The van der Waals surface area contributed by atoms with Crippen LogP contribution in [0.25, 0.3) is 22.4 Å². The van der Waals surface area contributed by atoms with Crippen molar-refractivity contribution in [1.82, 2.24) is 20.0 Å². The zero-order valence-corrected chi connectivity index (χ0v) is 24.5. The van der Waals surface area contributed by atoms with E-state index in [9.17, 15) is 9.59 Å². The van der Waals surface area contributed by atoms with Crippen LogP contribution in [0.5, 0.6) is 0 Å². The van der Waals surface area contributed by atoms with Gasteiger partial charge in [-0.05, 0) is 34.7 Å². The number of rotatable bonds is 10. The predicted octanol–water partition coefficient (Wildman–Crippen LogP) is 5.58. The number of carbonyl (C=O) groups is 2. The van der Waals surface area contributed by atoms with E-state index in [0.29, 0.717) is 45.1 Å². The van der Waals surface area contributed by atoms with Crippen molar-refractivity contribution in [3.63, 3.8) is 0 Å². The summed E-state index contributed by atoms with van der Waals surface area (Å²) in [5, 5.41) is 9.00. The second-order valence-corrected chi connectivity index (χ2v) is 11.0. The van der Waals surface area contributed by atoms with Crippen LogP contribution in [0.2, 0.25) is 0 Å². The standard InChI is InChI=1S/C35H39N5O2/c1-3-27(2)25-40(34(41)24-28-10-6-4-7-11-28)26-35(42)39-22-20-38(21-23-39)33-19-18-32(36-37-33)31-16-14-30(15-17-31)29-12-8-5-9-13-29/h4-19,27H,3,20-26H2,1-2H3/t27-/m0/s1. The van der Waals surface area contributed by atoms with Gasteiger partial charge < -0.3 is 14.7 Å². The van der Waals surface area contributed by atoms with Crippen LogP contribution in [0, 0.1) is 5.92 Å². The van der Waals surface area contributed by atoms with E-state index >= 15 is 0 Å². The van der Waals surface area contributed by atoms with Gasteiger partial charge in [0.25, 0.3) is 0 Å². The minimum absolute atomic E-state index is 0.000235. The zero-order valence-electron chi connectivity index (χ0n) is 24.5. The molecule has 1 saturated heterocycles. The fourth-order valence-corrected chi connectivity index (χ4v) is 5.20. The number of carbonyl (C=O) groups excluding carboxylic acids is 2. The average Bonchev–Trinajstić information content (AvgIpc) is 3.05. The molecule has 7 heteroatoms. The van der Waals surface area contributed by atoms with Gasteiger partial charge in [0.15, 0.2) is 5.82 Å². The van der Waals surface area contributed by atoms with E-state index in [4.69, 9.17) is 0 Å². The predicted molar refractivity (Wildman–Crippen MR) is 168 cm³/mol. The third-order valence-electron chi connectivity index (χ3n) is 8.00. The molecule has 0 N–H and O–H groups in total. The van der Waals surface area contributed by atoms with Crippen LogP contribution >= 0.6 is 0 Å². The summed E-state index contributed by atoms with van der Waals surface area (Å²) in [5.41, 5.74) is 5.17. The van der Waals surface area contributed by atoms with Crippen LogP contribution in [0.1, 0.15) is 25.8 Å². The van der Waals surface area contributed by atoms with E-state index in [2.05, 4.69) is 65.3 Å². The maximum atomic E-state index is 13.3. The molecule has 0 radical (unpaired) electrons. The van der Waals surface area contributed by atoms with Crippen LogP contribution in [0.4, 0.5) is 5.82 Å². The molecule has 0 spiro atoms. The van der Waals surface area contributed by atoms with Crippen molar-refractivity contribution in [3.8, 4) is 22.4 Å². The van der Waals surface area contributed by atoms with Gasteiger partial charge in [-0.25, -0.2) is 0 Å². The summed E-state index contributed by atoms with van der Waals surface area (Å²) in [6.07, 6.45) is 1.27. The van der Waals surface area contributed by atoms with Crippen molar-refractivity contribution in [1.29, 1.82) is 0 Å². The first-order valence-electron chi connectivity index (χ1n) is 14.8. The molecule has 0 unspecified atom stereocenters. The second-order valence-electron chi connectivity index (χ2n) is 11.0. The Bertz CT molecular complexity index is 1430. The second kappa shape index (κ2) is 13.9. The van der Waals surface area contributed by atoms with Gasteiger partial charge in [-0.3, -0.25) is 9.59 Å². The smallest absolute Gasteiger partial charge is 0.242 e. The van der Waals surface area contributed by atoms with Crippen LogP contribution in [-0.2, 0) is 16.0 Å². The average molecular weight is 562 g/mol. The zero-order chi connectivity index (χ0) is 29.3.